The van der Waals surface area contributed by atoms with Crippen molar-refractivity contribution in [3.63, 3.8) is 0 Å². The molecule has 2 saturated heterocycles. The van der Waals surface area contributed by atoms with Gasteiger partial charge in [-0.25, -0.2) is 0 Å². The van der Waals surface area contributed by atoms with Crippen LogP contribution in [-0.4, -0.2) is 116 Å². The van der Waals surface area contributed by atoms with Gasteiger partial charge in [0.1, 0.15) is 12.2 Å². The van der Waals surface area contributed by atoms with Crippen LogP contribution in [0.4, 0.5) is 0 Å². The summed E-state index contributed by atoms with van der Waals surface area (Å²) < 4.78 is 0. The van der Waals surface area contributed by atoms with E-state index in [1.54, 1.807) is 0 Å². The highest BCUT2D eigenvalue weighted by Crippen LogP contribution is 2.10. The summed E-state index contributed by atoms with van der Waals surface area (Å²) in [6.07, 6.45) is -6.41. The van der Waals surface area contributed by atoms with E-state index < -0.39 is 48.7 Å². The zero-order valence-electron chi connectivity index (χ0n) is 12.0. The van der Waals surface area contributed by atoms with Crippen LogP contribution in [0.25, 0.3) is 0 Å². The summed E-state index contributed by atoms with van der Waals surface area (Å²) in [5, 5.41) is 77.2. The largest absolute Gasteiger partial charge is 0.395 e. The van der Waals surface area contributed by atoms with Crippen LogP contribution in [-0.2, 0) is 0 Å². The van der Waals surface area contributed by atoms with E-state index in [0.29, 0.717) is 0 Å². The van der Waals surface area contributed by atoms with Gasteiger partial charge < -0.3 is 51.5 Å². The number of piperidine rings is 2. The zero-order chi connectivity index (χ0) is 16.9. The highest BCUT2D eigenvalue weighted by Gasteiger charge is 2.36. The number of hydrogen-bond donors (Lipinski definition) is 10. The second kappa shape index (κ2) is 9.03. The molecule has 10 nitrogen and oxygen atoms in total. The third kappa shape index (κ3) is 4.80. The molecule has 0 radical (unpaired) electrons. The van der Waals surface area contributed by atoms with Crippen molar-refractivity contribution in [3.05, 3.63) is 0 Å². The molecule has 0 spiro atoms. The lowest BCUT2D eigenvalue weighted by atomic mass is 9.97. The zero-order valence-corrected chi connectivity index (χ0v) is 12.0. The van der Waals surface area contributed by atoms with Crippen molar-refractivity contribution >= 4 is 0 Å². The highest BCUT2D eigenvalue weighted by atomic mass is 16.4. The lowest BCUT2D eigenvalue weighted by molar-refractivity contribution is -0.101. The second-order valence-corrected chi connectivity index (χ2v) is 5.49. The first-order valence-corrected chi connectivity index (χ1v) is 7.10. The molecule has 2 aliphatic heterocycles. The SMILES string of the molecule is OCC1NCC(O)C(O)C1O.OC[C@H]1NC[C@H](O)[C@@H](O)[C@H]1O.[HH]. The average Bonchev–Trinajstić information content (AvgIpc) is 2.51. The molecule has 0 aromatic carbocycles. The number of aliphatic hydroxyl groups is 8. The number of β-amino-alcohol motifs (C(OH)–C–C–N with tert-alkyl or cyclic N) is 2. The Balaban J connectivity index is 0.000000403. The summed E-state index contributed by atoms with van der Waals surface area (Å²) in [4.78, 5) is 0. The number of nitrogens with one attached hydrogen (secondary N) is 2. The third-order valence-electron chi connectivity index (χ3n) is 3.88. The monoisotopic (exact) mass is 328 g/mol. The molecule has 0 aromatic rings. The number of rotatable bonds is 2. The topological polar surface area (TPSA) is 186 Å². The molecule has 10 N–H and O–H groups in total. The van der Waals surface area contributed by atoms with Crippen LogP contribution in [0, 0.1) is 0 Å². The summed E-state index contributed by atoms with van der Waals surface area (Å²) >= 11 is 0. The van der Waals surface area contributed by atoms with E-state index in [4.69, 9.17) is 30.6 Å². The third-order valence-corrected chi connectivity index (χ3v) is 3.88. The summed E-state index contributed by atoms with van der Waals surface area (Å²) in [6.45, 7) is -0.0944. The molecule has 2 fully saturated rings. The summed E-state index contributed by atoms with van der Waals surface area (Å²) in [7, 11) is 0. The number of hydrogen-bond acceptors (Lipinski definition) is 10. The van der Waals surface area contributed by atoms with E-state index in [1.165, 1.54) is 0 Å². The molecule has 8 atom stereocenters. The normalized spacial score (nSPS) is 45.8. The van der Waals surface area contributed by atoms with Crippen LogP contribution < -0.4 is 10.6 Å². The Bertz CT molecular complexity index is 295. The molecule has 0 bridgehead atoms. The predicted molar refractivity (Wildman–Crippen MR) is 75.9 cm³/mol. The maximum Gasteiger partial charge on any atom is 0.109 e. The molecule has 134 valence electrons. The molecule has 0 amide bonds. The minimum Gasteiger partial charge on any atom is -0.395 e. The summed E-state index contributed by atoms with van der Waals surface area (Å²) in [6, 6.07) is -1.07. The molecule has 0 saturated carbocycles. The molecular formula is C12H28N2O8. The van der Waals surface area contributed by atoms with Crippen molar-refractivity contribution in [3.8, 4) is 0 Å². The smallest absolute Gasteiger partial charge is 0.109 e. The van der Waals surface area contributed by atoms with Gasteiger partial charge in [0.25, 0.3) is 0 Å². The van der Waals surface area contributed by atoms with Crippen molar-refractivity contribution in [1.29, 1.82) is 0 Å². The predicted octanol–water partition coefficient (Wildman–Crippen LogP) is -5.69. The van der Waals surface area contributed by atoms with Crippen LogP contribution in [0.2, 0.25) is 0 Å². The van der Waals surface area contributed by atoms with Crippen LogP contribution >= 0.6 is 0 Å². The first-order chi connectivity index (χ1) is 10.3. The van der Waals surface area contributed by atoms with Gasteiger partial charge >= 0.3 is 0 Å². The van der Waals surface area contributed by atoms with Crippen molar-refractivity contribution in [2.45, 2.75) is 48.7 Å². The van der Waals surface area contributed by atoms with E-state index in [-0.39, 0.29) is 27.7 Å². The average molecular weight is 328 g/mol. The van der Waals surface area contributed by atoms with E-state index in [1.807, 2.05) is 0 Å². The lowest BCUT2D eigenvalue weighted by Crippen LogP contribution is -2.60. The van der Waals surface area contributed by atoms with Gasteiger partial charge in [0.05, 0.1) is 49.7 Å². The van der Waals surface area contributed by atoms with Gasteiger partial charge in [-0.2, -0.15) is 0 Å². The first-order valence-electron chi connectivity index (χ1n) is 7.10. The molecule has 0 aromatic heterocycles. The fraction of sp³-hybridized carbons (Fsp3) is 1.00. The van der Waals surface area contributed by atoms with E-state index in [2.05, 4.69) is 10.6 Å². The van der Waals surface area contributed by atoms with Gasteiger partial charge in [-0.1, -0.05) is 0 Å². The molecule has 2 aliphatic rings. The maximum atomic E-state index is 9.18. The van der Waals surface area contributed by atoms with Gasteiger partial charge in [-0.15, -0.1) is 0 Å². The van der Waals surface area contributed by atoms with Gasteiger partial charge in [-0.3, -0.25) is 0 Å². The second-order valence-electron chi connectivity index (χ2n) is 5.49. The summed E-state index contributed by atoms with van der Waals surface area (Å²) in [5.74, 6) is 0. The van der Waals surface area contributed by atoms with Gasteiger partial charge in [-0.05, 0) is 0 Å². The van der Waals surface area contributed by atoms with Crippen LogP contribution in [0.5, 0.6) is 0 Å². The summed E-state index contributed by atoms with van der Waals surface area (Å²) in [5.41, 5.74) is 0. The standard InChI is InChI=1S/2C6H13NO4.H2/c2*8-2-3-5(10)6(11)4(9)1-7-3;/h2*3-11H,1-2H2;1H/t3-,4+,5+,6-;;/m1../s1. The van der Waals surface area contributed by atoms with E-state index >= 15 is 0 Å². The maximum absolute atomic E-state index is 9.18. The molecule has 2 rings (SSSR count). The van der Waals surface area contributed by atoms with Crippen molar-refractivity contribution in [2.75, 3.05) is 26.3 Å². The Morgan fingerprint density at radius 3 is 1.23 bits per heavy atom. The van der Waals surface area contributed by atoms with Crippen molar-refractivity contribution < 1.29 is 42.3 Å². The Hall–Kier alpha value is -0.400. The molecule has 2 heterocycles. The molecular weight excluding hydrogens is 300 g/mol. The van der Waals surface area contributed by atoms with Crippen molar-refractivity contribution in [1.82, 2.24) is 10.6 Å². The van der Waals surface area contributed by atoms with Crippen LogP contribution in [0.3, 0.4) is 0 Å². The Kier molecular flexibility index (Phi) is 8.07. The molecule has 4 unspecified atom stereocenters. The van der Waals surface area contributed by atoms with Crippen LogP contribution in [0.1, 0.15) is 1.43 Å². The van der Waals surface area contributed by atoms with E-state index in [9.17, 15) is 10.2 Å². The molecule has 0 aliphatic carbocycles. The molecule has 10 heteroatoms. The quantitative estimate of drug-likeness (QED) is 0.234. The Morgan fingerprint density at radius 1 is 0.636 bits per heavy atom. The Labute approximate surface area is 129 Å². The van der Waals surface area contributed by atoms with Crippen molar-refractivity contribution in [2.24, 2.45) is 0 Å². The van der Waals surface area contributed by atoms with E-state index in [0.717, 1.165) is 0 Å². The first kappa shape index (κ1) is 19.6. The molecule has 22 heavy (non-hydrogen) atoms. The van der Waals surface area contributed by atoms with Crippen LogP contribution in [0.15, 0.2) is 0 Å². The lowest BCUT2D eigenvalue weighted by Gasteiger charge is -2.34. The van der Waals surface area contributed by atoms with Gasteiger partial charge in [0, 0.05) is 14.5 Å². The Morgan fingerprint density at radius 2 is 0.955 bits per heavy atom. The minimum absolute atomic E-state index is 0. The number of aliphatic hydroxyl groups excluding tert-OH is 8. The highest BCUT2D eigenvalue weighted by molar-refractivity contribution is 4.92. The fourth-order valence-electron chi connectivity index (χ4n) is 2.30. The van der Waals surface area contributed by atoms with Gasteiger partial charge in [0.2, 0.25) is 0 Å². The minimum atomic E-state index is -1.16. The fourth-order valence-corrected chi connectivity index (χ4v) is 2.30. The van der Waals surface area contributed by atoms with Gasteiger partial charge in [0.15, 0.2) is 0 Å².